The lowest BCUT2D eigenvalue weighted by Gasteiger charge is -2.35. The largest absolute Gasteiger partial charge is 0.496 e. The van der Waals surface area contributed by atoms with Gasteiger partial charge in [0.25, 0.3) is 11.8 Å². The molecule has 0 radical (unpaired) electrons. The summed E-state index contributed by atoms with van der Waals surface area (Å²) in [5.74, 6) is -0.804. The molecule has 0 saturated carbocycles. The third-order valence-corrected chi connectivity index (χ3v) is 7.21. The molecule has 0 unspecified atom stereocenters. The first-order valence-electron chi connectivity index (χ1n) is 10.4. The van der Waals surface area contributed by atoms with Crippen molar-refractivity contribution < 1.29 is 31.2 Å². The fourth-order valence-corrected chi connectivity index (χ4v) is 4.71. The van der Waals surface area contributed by atoms with Gasteiger partial charge in [-0.15, -0.1) is 0 Å². The zero-order valence-electron chi connectivity index (χ0n) is 20.3. The summed E-state index contributed by atoms with van der Waals surface area (Å²) in [6.07, 6.45) is 2.34. The number of rotatable bonds is 6. The first-order valence-corrected chi connectivity index (χ1v) is 14.2. The number of amides is 2. The number of methoxy groups -OCH3 is 1. The van der Waals surface area contributed by atoms with Crippen LogP contribution in [0.25, 0.3) is 0 Å². The molecule has 0 atom stereocenters. The van der Waals surface area contributed by atoms with Crippen molar-refractivity contribution in [1.82, 2.24) is 10.4 Å². The summed E-state index contributed by atoms with van der Waals surface area (Å²) < 4.78 is 53.9. The van der Waals surface area contributed by atoms with Crippen LogP contribution in [0, 0.1) is 0 Å². The van der Waals surface area contributed by atoms with Gasteiger partial charge >= 0.3 is 0 Å². The SMILES string of the molecule is CCc1c(OC)cccc1C(=O)NN(C(=O)c1cc(S(C)(=O)=O)cc(S(C)(=O)=O)c1)C(C)(C)C. The van der Waals surface area contributed by atoms with E-state index in [1.54, 1.807) is 39.0 Å². The average molecular weight is 511 g/mol. The summed E-state index contributed by atoms with van der Waals surface area (Å²) >= 11 is 0. The Balaban J connectivity index is 2.60. The highest BCUT2D eigenvalue weighted by atomic mass is 32.2. The number of hydrogen-bond donors (Lipinski definition) is 1. The summed E-state index contributed by atoms with van der Waals surface area (Å²) in [7, 11) is -6.15. The molecule has 0 aromatic heterocycles. The van der Waals surface area contributed by atoms with Crippen molar-refractivity contribution in [2.24, 2.45) is 0 Å². The number of carbonyl (C=O) groups excluding carboxylic acids is 2. The molecule has 0 bridgehead atoms. The van der Waals surface area contributed by atoms with E-state index in [1.807, 2.05) is 6.92 Å². The molecule has 0 aliphatic rings. The molecule has 0 spiro atoms. The molecule has 0 aliphatic heterocycles. The Labute approximate surface area is 200 Å². The third-order valence-electron chi connectivity index (χ3n) is 5.02. The number of nitrogens with zero attached hydrogens (tertiary/aromatic N) is 1. The van der Waals surface area contributed by atoms with Crippen LogP contribution in [0.4, 0.5) is 0 Å². The molecule has 0 fully saturated rings. The monoisotopic (exact) mass is 510 g/mol. The van der Waals surface area contributed by atoms with E-state index in [9.17, 15) is 26.4 Å². The first-order chi connectivity index (χ1) is 15.5. The summed E-state index contributed by atoms with van der Waals surface area (Å²) in [6.45, 7) is 6.89. The predicted molar refractivity (Wildman–Crippen MR) is 128 cm³/mol. The van der Waals surface area contributed by atoms with Gasteiger partial charge in [-0.3, -0.25) is 15.0 Å². The summed E-state index contributed by atoms with van der Waals surface area (Å²) in [6, 6.07) is 8.19. The summed E-state index contributed by atoms with van der Waals surface area (Å²) in [5, 5.41) is 1.06. The normalized spacial score (nSPS) is 12.2. The van der Waals surface area contributed by atoms with Gasteiger partial charge in [0.1, 0.15) is 5.75 Å². The van der Waals surface area contributed by atoms with Gasteiger partial charge in [0, 0.05) is 29.2 Å². The molecule has 2 rings (SSSR count). The van der Waals surface area contributed by atoms with Gasteiger partial charge in [-0.2, -0.15) is 0 Å². The second-order valence-corrected chi connectivity index (χ2v) is 12.9. The minimum absolute atomic E-state index is 0.195. The van der Waals surface area contributed by atoms with E-state index >= 15 is 0 Å². The van der Waals surface area contributed by atoms with Crippen molar-refractivity contribution in [2.75, 3.05) is 19.6 Å². The van der Waals surface area contributed by atoms with Crippen LogP contribution in [0.5, 0.6) is 5.75 Å². The molecule has 9 nitrogen and oxygen atoms in total. The van der Waals surface area contributed by atoms with Crippen LogP contribution < -0.4 is 10.2 Å². The van der Waals surface area contributed by atoms with Crippen molar-refractivity contribution in [3.63, 3.8) is 0 Å². The van der Waals surface area contributed by atoms with Crippen LogP contribution in [0.15, 0.2) is 46.2 Å². The summed E-state index contributed by atoms with van der Waals surface area (Å²) in [5.41, 5.74) is 2.44. The molecule has 2 amide bonds. The van der Waals surface area contributed by atoms with Crippen LogP contribution in [0.1, 0.15) is 54.0 Å². The molecule has 2 aromatic rings. The average Bonchev–Trinajstić information content (AvgIpc) is 2.73. The maximum atomic E-state index is 13.5. The van der Waals surface area contributed by atoms with Crippen LogP contribution in [-0.2, 0) is 26.1 Å². The van der Waals surface area contributed by atoms with Crippen LogP contribution in [0.3, 0.4) is 0 Å². The van der Waals surface area contributed by atoms with Gasteiger partial charge in [0.15, 0.2) is 19.7 Å². The first kappa shape index (κ1) is 27.3. The van der Waals surface area contributed by atoms with Crippen LogP contribution >= 0.6 is 0 Å². The highest BCUT2D eigenvalue weighted by molar-refractivity contribution is 7.91. The number of hydrogen-bond acceptors (Lipinski definition) is 7. The zero-order chi connectivity index (χ0) is 26.1. The molecule has 1 N–H and O–H groups in total. The van der Waals surface area contributed by atoms with Crippen molar-refractivity contribution in [2.45, 2.75) is 49.4 Å². The van der Waals surface area contributed by atoms with Gasteiger partial charge in [-0.25, -0.2) is 21.8 Å². The van der Waals surface area contributed by atoms with E-state index in [-0.39, 0.29) is 15.4 Å². The maximum absolute atomic E-state index is 13.5. The fraction of sp³-hybridized carbons (Fsp3) is 0.391. The lowest BCUT2D eigenvalue weighted by atomic mass is 10.0. The molecular formula is C23H30N2O7S2. The predicted octanol–water partition coefficient (Wildman–Crippen LogP) is 2.65. The van der Waals surface area contributed by atoms with Crippen LogP contribution in [-0.4, -0.2) is 58.8 Å². The lowest BCUT2D eigenvalue weighted by Crippen LogP contribution is -2.56. The standard InChI is InChI=1S/C23H30N2O7S2/c1-8-18-19(10-9-11-20(18)32-5)21(26)24-25(23(2,3)4)22(27)15-12-16(33(6,28)29)14-17(13-15)34(7,30)31/h9-14H,8H2,1-7H3,(H,24,26). The molecule has 0 heterocycles. The second kappa shape index (κ2) is 9.75. The Kier molecular flexibility index (Phi) is 7.84. The Bertz CT molecular complexity index is 1280. The molecule has 0 saturated heterocycles. The fourth-order valence-electron chi connectivity index (χ4n) is 3.27. The molecule has 11 heteroatoms. The van der Waals surface area contributed by atoms with E-state index in [0.717, 1.165) is 35.7 Å². The number of ether oxygens (including phenoxy) is 1. The minimum atomic E-state index is -3.82. The van der Waals surface area contributed by atoms with Crippen molar-refractivity contribution in [1.29, 1.82) is 0 Å². The van der Waals surface area contributed by atoms with E-state index in [0.29, 0.717) is 23.3 Å². The number of sulfone groups is 2. The zero-order valence-corrected chi connectivity index (χ0v) is 21.9. The topological polar surface area (TPSA) is 127 Å². The third kappa shape index (κ3) is 6.15. The van der Waals surface area contributed by atoms with E-state index < -0.39 is 37.0 Å². The number of nitrogens with one attached hydrogen (secondary N) is 1. The van der Waals surface area contributed by atoms with E-state index in [2.05, 4.69) is 5.43 Å². The molecule has 34 heavy (non-hydrogen) atoms. The number of benzene rings is 2. The minimum Gasteiger partial charge on any atom is -0.496 e. The molecule has 2 aromatic carbocycles. The quantitative estimate of drug-likeness (QED) is 0.592. The Morgan fingerprint density at radius 1 is 0.971 bits per heavy atom. The second-order valence-electron chi connectivity index (χ2n) is 8.83. The molecular weight excluding hydrogens is 480 g/mol. The Morgan fingerprint density at radius 2 is 1.50 bits per heavy atom. The van der Waals surface area contributed by atoms with Crippen molar-refractivity contribution in [3.8, 4) is 5.75 Å². The van der Waals surface area contributed by atoms with Crippen LogP contribution in [0.2, 0.25) is 0 Å². The van der Waals surface area contributed by atoms with Crippen molar-refractivity contribution in [3.05, 3.63) is 53.1 Å². The number of carbonyl (C=O) groups is 2. The van der Waals surface area contributed by atoms with Gasteiger partial charge in [-0.1, -0.05) is 13.0 Å². The van der Waals surface area contributed by atoms with Crippen molar-refractivity contribution >= 4 is 31.5 Å². The Morgan fingerprint density at radius 3 is 1.91 bits per heavy atom. The smallest absolute Gasteiger partial charge is 0.272 e. The number of hydrazine groups is 1. The van der Waals surface area contributed by atoms with Gasteiger partial charge in [-0.05, 0) is 57.5 Å². The van der Waals surface area contributed by atoms with E-state index in [1.165, 1.54) is 7.11 Å². The summed E-state index contributed by atoms with van der Waals surface area (Å²) in [4.78, 5) is 26.0. The lowest BCUT2D eigenvalue weighted by molar-refractivity contribution is 0.0357. The maximum Gasteiger partial charge on any atom is 0.272 e. The highest BCUT2D eigenvalue weighted by Crippen LogP contribution is 2.25. The van der Waals surface area contributed by atoms with Gasteiger partial charge < -0.3 is 4.74 Å². The molecule has 0 aliphatic carbocycles. The van der Waals surface area contributed by atoms with E-state index in [4.69, 9.17) is 4.74 Å². The van der Waals surface area contributed by atoms with Gasteiger partial charge in [0.05, 0.1) is 22.4 Å². The Hall–Kier alpha value is -2.92. The molecule has 186 valence electrons. The highest BCUT2D eigenvalue weighted by Gasteiger charge is 2.31. The van der Waals surface area contributed by atoms with Gasteiger partial charge in [0.2, 0.25) is 0 Å².